The molecule has 0 amide bonds. The minimum absolute atomic E-state index is 0.0666. The van der Waals surface area contributed by atoms with E-state index < -0.39 is 35.1 Å². The number of hydrogen-bond donors (Lipinski definition) is 3. The number of rotatable bonds is 3. The van der Waals surface area contributed by atoms with Crippen molar-refractivity contribution in [1.29, 1.82) is 0 Å². The molecule has 12 heteroatoms. The highest BCUT2D eigenvalue weighted by Gasteiger charge is 2.40. The summed E-state index contributed by atoms with van der Waals surface area (Å²) in [5.74, 6) is -0.197. The fourth-order valence-electron chi connectivity index (χ4n) is 2.56. The lowest BCUT2D eigenvalue weighted by Gasteiger charge is -2.29. The lowest BCUT2D eigenvalue weighted by Crippen LogP contribution is -2.39. The fraction of sp³-hybridized carbons (Fsp3) is 0.273. The molecule has 2 unspecified atom stereocenters. The summed E-state index contributed by atoms with van der Waals surface area (Å²) in [5.41, 5.74) is 1.91. The van der Waals surface area contributed by atoms with Crippen LogP contribution in [0.25, 0.3) is 0 Å². The molecule has 0 bridgehead atoms. The summed E-state index contributed by atoms with van der Waals surface area (Å²) in [6.07, 6.45) is 6.67. The summed E-state index contributed by atoms with van der Waals surface area (Å²) in [7, 11) is -12.1. The van der Waals surface area contributed by atoms with Crippen molar-refractivity contribution in [2.24, 2.45) is 5.92 Å². The Bertz CT molecular complexity index is 1270. The van der Waals surface area contributed by atoms with E-state index in [1.165, 1.54) is 37.3 Å². The second-order valence-electron chi connectivity index (χ2n) is 7.77. The second kappa shape index (κ2) is 11.4. The van der Waals surface area contributed by atoms with E-state index in [0.29, 0.717) is 0 Å². The smallest absolute Gasteiger partial charge is 0.285 e. The van der Waals surface area contributed by atoms with Crippen LogP contribution in [0, 0.1) is 19.8 Å². The van der Waals surface area contributed by atoms with Gasteiger partial charge in [-0.1, -0.05) is 66.6 Å². The first-order chi connectivity index (χ1) is 15.4. The van der Waals surface area contributed by atoms with Crippen molar-refractivity contribution in [1.82, 2.24) is 0 Å². The van der Waals surface area contributed by atoms with Gasteiger partial charge in [0.15, 0.2) is 0 Å². The van der Waals surface area contributed by atoms with Crippen LogP contribution in [-0.4, -0.2) is 43.7 Å². The predicted molar refractivity (Wildman–Crippen MR) is 129 cm³/mol. The molecule has 0 heterocycles. The van der Waals surface area contributed by atoms with E-state index >= 15 is 0 Å². The minimum atomic E-state index is -4.02. The highest BCUT2D eigenvalue weighted by atomic mass is 32.2. The van der Waals surface area contributed by atoms with Crippen molar-refractivity contribution in [3.05, 3.63) is 84.0 Å². The van der Waals surface area contributed by atoms with Crippen molar-refractivity contribution >= 4 is 30.4 Å². The third-order valence-corrected chi connectivity index (χ3v) is 8.39. The van der Waals surface area contributed by atoms with Crippen LogP contribution in [0.3, 0.4) is 0 Å². The molecule has 34 heavy (non-hydrogen) atoms. The van der Waals surface area contributed by atoms with Crippen LogP contribution in [0.15, 0.2) is 82.6 Å². The lowest BCUT2D eigenvalue weighted by atomic mass is 9.91. The summed E-state index contributed by atoms with van der Waals surface area (Å²) < 4.78 is 88.9. The molecular formula is C22H28O9S3. The van der Waals surface area contributed by atoms with E-state index in [9.17, 15) is 25.3 Å². The molecule has 0 fully saturated rings. The third kappa shape index (κ3) is 8.78. The Hall–Kier alpha value is -2.35. The van der Waals surface area contributed by atoms with Crippen LogP contribution >= 0.6 is 0 Å². The average Bonchev–Trinajstić information content (AvgIpc) is 2.70. The summed E-state index contributed by atoms with van der Waals surface area (Å²) in [6.45, 7) is 6.95. The van der Waals surface area contributed by atoms with E-state index in [1.807, 2.05) is 13.8 Å². The number of allylic oxidation sites excluding steroid dienone is 3. The standard InChI is InChI=1S/C8H12O3S.2C7H8O3S/c1-7-5-3-4-6-8(7,2)12(9,10)11;2*1-6-2-4-7(5-3-6)11(8,9)10/h3-7H,1-2H3,(H,9,10,11);2*2-5H,1H3,(H,8,9,10). The Kier molecular flexibility index (Phi) is 9.94. The van der Waals surface area contributed by atoms with E-state index in [-0.39, 0.29) is 15.7 Å². The molecule has 2 aromatic carbocycles. The fourth-order valence-corrected chi connectivity index (χ4v) is 4.32. The Balaban J connectivity index is 0.000000255. The Labute approximate surface area is 201 Å². The molecule has 2 atom stereocenters. The summed E-state index contributed by atoms with van der Waals surface area (Å²) in [5, 5.41) is 0. The topological polar surface area (TPSA) is 163 Å². The van der Waals surface area contributed by atoms with E-state index in [4.69, 9.17) is 13.7 Å². The molecule has 188 valence electrons. The first kappa shape index (κ1) is 29.7. The Morgan fingerprint density at radius 1 is 0.676 bits per heavy atom. The van der Waals surface area contributed by atoms with Gasteiger partial charge in [0.05, 0.1) is 9.79 Å². The van der Waals surface area contributed by atoms with Gasteiger partial charge in [-0.3, -0.25) is 13.7 Å². The number of hydrogen-bond acceptors (Lipinski definition) is 6. The summed E-state index contributed by atoms with van der Waals surface area (Å²) >= 11 is 0. The monoisotopic (exact) mass is 532 g/mol. The van der Waals surface area contributed by atoms with Gasteiger partial charge in [-0.25, -0.2) is 0 Å². The molecular weight excluding hydrogens is 504 g/mol. The van der Waals surface area contributed by atoms with Crippen LogP contribution in [0.1, 0.15) is 25.0 Å². The van der Waals surface area contributed by atoms with Gasteiger partial charge in [0.25, 0.3) is 30.4 Å². The maximum Gasteiger partial charge on any atom is 0.294 e. The summed E-state index contributed by atoms with van der Waals surface area (Å²) in [4.78, 5) is -0.133. The van der Waals surface area contributed by atoms with Gasteiger partial charge >= 0.3 is 0 Å². The predicted octanol–water partition coefficient (Wildman–Crippen LogP) is 3.88. The van der Waals surface area contributed by atoms with Gasteiger partial charge < -0.3 is 0 Å². The lowest BCUT2D eigenvalue weighted by molar-refractivity contribution is 0.426. The van der Waals surface area contributed by atoms with Crippen LogP contribution in [-0.2, 0) is 30.4 Å². The molecule has 3 N–H and O–H groups in total. The number of aryl methyl sites for hydroxylation is 2. The molecule has 3 rings (SSSR count). The Morgan fingerprint density at radius 3 is 1.26 bits per heavy atom. The first-order valence-corrected chi connectivity index (χ1v) is 14.1. The Morgan fingerprint density at radius 2 is 1.03 bits per heavy atom. The molecule has 9 nitrogen and oxygen atoms in total. The van der Waals surface area contributed by atoms with Gasteiger partial charge in [-0.2, -0.15) is 25.3 Å². The molecule has 0 saturated heterocycles. The van der Waals surface area contributed by atoms with Gasteiger partial charge in [-0.05, 0) is 51.0 Å². The zero-order chi connectivity index (χ0) is 26.4. The quantitative estimate of drug-likeness (QED) is 0.498. The van der Waals surface area contributed by atoms with Crippen LogP contribution in [0.5, 0.6) is 0 Å². The highest BCUT2D eigenvalue weighted by molar-refractivity contribution is 7.87. The maximum atomic E-state index is 11.0. The number of benzene rings is 2. The minimum Gasteiger partial charge on any atom is -0.285 e. The van der Waals surface area contributed by atoms with Crippen LogP contribution in [0.4, 0.5) is 0 Å². The SMILES string of the molecule is CC1C=CC=CC1(C)S(=O)(=O)O.Cc1ccc(S(=O)(=O)O)cc1.Cc1ccc(S(=O)(=O)O)cc1. The van der Waals surface area contributed by atoms with Gasteiger partial charge in [0, 0.05) is 0 Å². The zero-order valence-corrected chi connectivity index (χ0v) is 21.5. The molecule has 2 aromatic rings. The van der Waals surface area contributed by atoms with Crippen molar-refractivity contribution < 1.29 is 38.9 Å². The second-order valence-corrected chi connectivity index (χ2v) is 12.4. The van der Waals surface area contributed by atoms with Crippen LogP contribution < -0.4 is 0 Å². The highest BCUT2D eigenvalue weighted by Crippen LogP contribution is 2.30. The largest absolute Gasteiger partial charge is 0.294 e. The normalized spacial score (nSPS) is 19.9. The molecule has 0 saturated carbocycles. The molecule has 1 aliphatic rings. The van der Waals surface area contributed by atoms with E-state index in [1.54, 1.807) is 49.4 Å². The van der Waals surface area contributed by atoms with E-state index in [0.717, 1.165) is 11.1 Å². The molecule has 0 aromatic heterocycles. The van der Waals surface area contributed by atoms with Gasteiger partial charge in [0.2, 0.25) is 0 Å². The van der Waals surface area contributed by atoms with Crippen LogP contribution in [0.2, 0.25) is 0 Å². The van der Waals surface area contributed by atoms with Crippen molar-refractivity contribution in [2.75, 3.05) is 0 Å². The van der Waals surface area contributed by atoms with E-state index in [2.05, 4.69) is 0 Å². The molecule has 0 radical (unpaired) electrons. The molecule has 0 spiro atoms. The van der Waals surface area contributed by atoms with Crippen molar-refractivity contribution in [3.63, 3.8) is 0 Å². The van der Waals surface area contributed by atoms with Gasteiger partial charge in [-0.15, -0.1) is 0 Å². The molecule has 0 aliphatic heterocycles. The first-order valence-electron chi connectivity index (χ1n) is 9.79. The maximum absolute atomic E-state index is 11.0. The average molecular weight is 533 g/mol. The summed E-state index contributed by atoms with van der Waals surface area (Å²) in [6, 6.07) is 12.0. The van der Waals surface area contributed by atoms with Crippen molar-refractivity contribution in [3.8, 4) is 0 Å². The molecule has 1 aliphatic carbocycles. The van der Waals surface area contributed by atoms with Gasteiger partial charge in [0.1, 0.15) is 4.75 Å². The van der Waals surface area contributed by atoms with Crippen molar-refractivity contribution in [2.45, 2.75) is 42.2 Å². The third-order valence-electron chi connectivity index (χ3n) is 5.04. The zero-order valence-electron chi connectivity index (χ0n) is 19.0.